The summed E-state index contributed by atoms with van der Waals surface area (Å²) in [5.41, 5.74) is 6.95. The van der Waals surface area contributed by atoms with Gasteiger partial charge in [0.25, 0.3) is 0 Å². The molecule has 9 nitrogen and oxygen atoms in total. The van der Waals surface area contributed by atoms with Gasteiger partial charge in [-0.15, -0.1) is 0 Å². The second kappa shape index (κ2) is 12.0. The topological polar surface area (TPSA) is 103 Å². The highest BCUT2D eigenvalue weighted by Crippen LogP contribution is 2.34. The Hall–Kier alpha value is -3.75. The molecule has 2 N–H and O–H groups in total. The van der Waals surface area contributed by atoms with Crippen LogP contribution in [0.3, 0.4) is 0 Å². The number of rotatable bonds is 6. The number of methoxy groups -OCH3 is 3. The Morgan fingerprint density at radius 1 is 0.872 bits per heavy atom. The van der Waals surface area contributed by atoms with E-state index in [4.69, 9.17) is 24.9 Å². The molecule has 4 aliphatic rings. The van der Waals surface area contributed by atoms with Crippen molar-refractivity contribution in [3.63, 3.8) is 0 Å². The number of hydrogen-bond acceptors (Lipinski definition) is 8. The lowest BCUT2D eigenvalue weighted by Crippen LogP contribution is -2.49. The maximum absolute atomic E-state index is 12.8. The minimum Gasteiger partial charge on any atom is -0.496 e. The van der Waals surface area contributed by atoms with Crippen molar-refractivity contribution in [2.24, 2.45) is 5.92 Å². The van der Waals surface area contributed by atoms with E-state index in [1.54, 1.807) is 27.4 Å². The zero-order chi connectivity index (χ0) is 27.4. The lowest BCUT2D eigenvalue weighted by molar-refractivity contribution is -0.132. The van der Waals surface area contributed by atoms with Crippen LogP contribution in [0.25, 0.3) is 10.9 Å². The van der Waals surface area contributed by atoms with E-state index in [9.17, 15) is 4.79 Å². The van der Waals surface area contributed by atoms with Crippen molar-refractivity contribution in [1.82, 2.24) is 14.9 Å². The molecule has 9 heteroatoms. The van der Waals surface area contributed by atoms with Crippen molar-refractivity contribution in [3.8, 4) is 17.2 Å². The normalized spacial score (nSPS) is 16.7. The van der Waals surface area contributed by atoms with E-state index in [2.05, 4.69) is 22.0 Å². The quantitative estimate of drug-likeness (QED) is 0.361. The van der Waals surface area contributed by atoms with E-state index in [-0.39, 0.29) is 0 Å². The van der Waals surface area contributed by atoms with Crippen LogP contribution in [0.2, 0.25) is 0 Å². The zero-order valence-electron chi connectivity index (χ0n) is 23.2. The van der Waals surface area contributed by atoms with Gasteiger partial charge in [-0.05, 0) is 36.1 Å². The molecule has 1 aliphatic heterocycles. The Morgan fingerprint density at radius 2 is 1.54 bits per heavy atom. The highest BCUT2D eigenvalue weighted by atomic mass is 16.5. The number of carbonyl (C=O) groups excluding carboxylic acids is 1. The van der Waals surface area contributed by atoms with Gasteiger partial charge in [-0.25, -0.2) is 4.98 Å². The van der Waals surface area contributed by atoms with Crippen molar-refractivity contribution in [2.75, 3.05) is 58.1 Å². The van der Waals surface area contributed by atoms with Crippen LogP contribution in [0.4, 0.5) is 11.8 Å². The predicted molar refractivity (Wildman–Crippen MR) is 152 cm³/mol. The highest BCUT2D eigenvalue weighted by Gasteiger charge is 2.26. The van der Waals surface area contributed by atoms with Crippen LogP contribution in [0, 0.1) is 16.4 Å². The fourth-order valence-corrected chi connectivity index (χ4v) is 5.63. The summed E-state index contributed by atoms with van der Waals surface area (Å²) in [5.74, 6) is 4.08. The molecular formula is C30H39N5O4. The van der Waals surface area contributed by atoms with Crippen LogP contribution < -0.4 is 24.8 Å². The number of nitrogens with two attached hydrogens (primary N) is 1. The van der Waals surface area contributed by atoms with Gasteiger partial charge < -0.3 is 29.7 Å². The number of hydrogen-bond donors (Lipinski definition) is 1. The molecule has 1 saturated carbocycles. The van der Waals surface area contributed by atoms with Gasteiger partial charge in [-0.2, -0.15) is 4.98 Å². The zero-order valence-corrected chi connectivity index (χ0v) is 23.2. The summed E-state index contributed by atoms with van der Waals surface area (Å²) in [4.78, 5) is 26.1. The summed E-state index contributed by atoms with van der Waals surface area (Å²) < 4.78 is 15.7. The molecule has 0 spiro atoms. The van der Waals surface area contributed by atoms with E-state index < -0.39 is 0 Å². The number of nitrogens with zero attached hydrogens (tertiary/aromatic N) is 4. The molecule has 1 aromatic carbocycles. The van der Waals surface area contributed by atoms with E-state index in [1.165, 1.54) is 49.0 Å². The van der Waals surface area contributed by atoms with Crippen molar-refractivity contribution in [1.29, 1.82) is 0 Å². The number of benzene rings is 2. The molecule has 0 atom stereocenters. The molecule has 3 aliphatic carbocycles. The van der Waals surface area contributed by atoms with Crippen LogP contribution in [-0.2, 0) is 4.79 Å². The van der Waals surface area contributed by atoms with Crippen molar-refractivity contribution in [2.45, 2.75) is 44.9 Å². The van der Waals surface area contributed by atoms with Crippen LogP contribution in [-0.4, -0.2) is 68.3 Å². The summed E-state index contributed by atoms with van der Waals surface area (Å²) in [5, 5.41) is 3.35. The number of anilines is 2. The Balaban J connectivity index is 0.000000325. The molecular weight excluding hydrogens is 494 g/mol. The van der Waals surface area contributed by atoms with Gasteiger partial charge in [0, 0.05) is 49.3 Å². The fourth-order valence-electron chi connectivity index (χ4n) is 5.63. The number of piperazine rings is 1. The first-order chi connectivity index (χ1) is 19.0. The maximum Gasteiger partial charge on any atom is 0.228 e. The second-order valence-corrected chi connectivity index (χ2v) is 10.5. The molecule has 6 rings (SSSR count). The molecule has 208 valence electrons. The number of aromatic nitrogens is 2. The third-order valence-corrected chi connectivity index (χ3v) is 8.08. The van der Waals surface area contributed by atoms with Gasteiger partial charge in [0.05, 0.1) is 26.8 Å². The average molecular weight is 534 g/mol. The summed E-state index contributed by atoms with van der Waals surface area (Å²) in [7, 11) is 4.88. The molecule has 1 aromatic heterocycles. The predicted octanol–water partition coefficient (Wildman–Crippen LogP) is 4.53. The van der Waals surface area contributed by atoms with Crippen LogP contribution in [0.1, 0.15) is 44.9 Å². The first kappa shape index (κ1) is 26.8. The number of amides is 1. The standard InChI is InChI=1S/C23H33N5O3.C7H6O/c1-30-19-14-17-18(15-20(19)31-2)25-23(26-22(17)24)28-11-9-27(10-12-28)21(29)13-16-7-5-3-4-6-8-16;1-8-7-4-5-2-3-6(5)7/h14-16H,3-13H2,1-2H3,(H2,24,25,26);2-4H,1H3. The summed E-state index contributed by atoms with van der Waals surface area (Å²) in [6, 6.07) is 9.81. The largest absolute Gasteiger partial charge is 0.496 e. The fraction of sp³-hybridized carbons (Fsp3) is 0.500. The highest BCUT2D eigenvalue weighted by molar-refractivity contribution is 5.91. The van der Waals surface area contributed by atoms with Crippen LogP contribution >= 0.6 is 0 Å². The van der Waals surface area contributed by atoms with Crippen molar-refractivity contribution >= 4 is 28.6 Å². The summed E-state index contributed by atoms with van der Waals surface area (Å²) >= 11 is 0. The monoisotopic (exact) mass is 533 g/mol. The van der Waals surface area contributed by atoms with Crippen LogP contribution in [0.5, 0.6) is 17.2 Å². The molecule has 0 unspecified atom stereocenters. The van der Waals surface area contributed by atoms with E-state index in [1.807, 2.05) is 17.0 Å². The first-order valence-corrected chi connectivity index (χ1v) is 13.9. The SMILES string of the molecule is COc1cc2ccc1=2.COc1cc2nc(N3CCN(C(=O)CC4CCCCCC4)CC3)nc(N)c2cc1OC. The minimum absolute atomic E-state index is 0.294. The molecule has 1 saturated heterocycles. The Labute approximate surface area is 229 Å². The maximum atomic E-state index is 12.8. The third kappa shape index (κ3) is 5.82. The van der Waals surface area contributed by atoms with Gasteiger partial charge >= 0.3 is 0 Å². The number of carbonyl (C=O) groups is 1. The molecule has 1 amide bonds. The van der Waals surface area contributed by atoms with E-state index in [0.717, 1.165) is 11.1 Å². The molecule has 2 aromatic rings. The van der Waals surface area contributed by atoms with Gasteiger partial charge in [-0.3, -0.25) is 4.79 Å². The van der Waals surface area contributed by atoms with Gasteiger partial charge in [0.15, 0.2) is 11.5 Å². The minimum atomic E-state index is 0.294. The van der Waals surface area contributed by atoms with Gasteiger partial charge in [-0.1, -0.05) is 37.8 Å². The number of ether oxygens (including phenoxy) is 3. The average Bonchev–Trinajstić information content (AvgIpc) is 3.22. The number of fused-ring (bicyclic) bond motifs is 1. The molecule has 0 bridgehead atoms. The number of nitrogen functional groups attached to an aromatic ring is 1. The van der Waals surface area contributed by atoms with E-state index >= 15 is 0 Å². The summed E-state index contributed by atoms with van der Waals surface area (Å²) in [6.07, 6.45) is 8.26. The molecule has 2 fully saturated rings. The molecule has 0 radical (unpaired) electrons. The first-order valence-electron chi connectivity index (χ1n) is 13.9. The van der Waals surface area contributed by atoms with Crippen LogP contribution in [0.15, 0.2) is 30.3 Å². The Morgan fingerprint density at radius 3 is 2.08 bits per heavy atom. The summed E-state index contributed by atoms with van der Waals surface area (Å²) in [6.45, 7) is 2.79. The van der Waals surface area contributed by atoms with Crippen molar-refractivity contribution < 1.29 is 19.0 Å². The molecule has 2 heterocycles. The Kier molecular flexibility index (Phi) is 8.24. The smallest absolute Gasteiger partial charge is 0.228 e. The van der Waals surface area contributed by atoms with Crippen molar-refractivity contribution in [3.05, 3.63) is 40.8 Å². The van der Waals surface area contributed by atoms with Gasteiger partial charge in [0.2, 0.25) is 11.9 Å². The Bertz CT molecular complexity index is 1410. The molecule has 39 heavy (non-hydrogen) atoms. The second-order valence-electron chi connectivity index (χ2n) is 10.5. The third-order valence-electron chi connectivity index (χ3n) is 8.08. The lowest BCUT2D eigenvalue weighted by Gasteiger charge is -2.35. The lowest BCUT2D eigenvalue weighted by atomic mass is 9.96. The van der Waals surface area contributed by atoms with E-state index in [0.29, 0.717) is 73.2 Å². The van der Waals surface area contributed by atoms with Gasteiger partial charge in [0.1, 0.15) is 11.6 Å².